The lowest BCUT2D eigenvalue weighted by Gasteiger charge is -1.93. The first-order chi connectivity index (χ1) is 11.2. The molecular formula is C18H16N4S. The van der Waals surface area contributed by atoms with Gasteiger partial charge in [-0.15, -0.1) is 0 Å². The van der Waals surface area contributed by atoms with E-state index < -0.39 is 0 Å². The highest BCUT2D eigenvalue weighted by molar-refractivity contribution is 7.07. The van der Waals surface area contributed by atoms with Gasteiger partial charge in [0.2, 0.25) is 0 Å². The van der Waals surface area contributed by atoms with Gasteiger partial charge in [0, 0.05) is 0 Å². The normalized spacial score (nSPS) is 11.6. The van der Waals surface area contributed by atoms with E-state index >= 15 is 0 Å². The number of aryl methyl sites for hydroxylation is 2. The van der Waals surface area contributed by atoms with Crippen molar-refractivity contribution < 1.29 is 0 Å². The summed E-state index contributed by atoms with van der Waals surface area (Å²) < 4.78 is 4.27. The first kappa shape index (κ1) is 15.2. The van der Waals surface area contributed by atoms with E-state index in [0.29, 0.717) is 5.82 Å². The molecule has 4 nitrogen and oxygen atoms in total. The molecule has 0 saturated heterocycles. The first-order valence-corrected chi connectivity index (χ1v) is 8.01. The third-order valence-electron chi connectivity index (χ3n) is 3.18. The van der Waals surface area contributed by atoms with Gasteiger partial charge in [0.05, 0.1) is 23.8 Å². The highest BCUT2D eigenvalue weighted by Crippen LogP contribution is 2.14. The molecule has 0 atom stereocenters. The monoisotopic (exact) mass is 320 g/mol. The van der Waals surface area contributed by atoms with Crippen LogP contribution in [-0.4, -0.2) is 21.8 Å². The lowest BCUT2D eigenvalue weighted by atomic mass is 10.2. The number of hydrogen-bond acceptors (Lipinski definition) is 5. The summed E-state index contributed by atoms with van der Waals surface area (Å²) in [5, 5.41) is 0.760. The van der Waals surface area contributed by atoms with E-state index in [0.717, 1.165) is 16.4 Å². The maximum atomic E-state index is 4.40. The second kappa shape index (κ2) is 7.07. The van der Waals surface area contributed by atoms with Crippen LogP contribution in [0.1, 0.15) is 22.0 Å². The van der Waals surface area contributed by atoms with Gasteiger partial charge < -0.3 is 0 Å². The summed E-state index contributed by atoms with van der Waals surface area (Å²) >= 11 is 1.31. The first-order valence-electron chi connectivity index (χ1n) is 7.24. The topological polar surface area (TPSA) is 50.5 Å². The Morgan fingerprint density at radius 3 is 1.87 bits per heavy atom. The molecule has 114 valence electrons. The molecule has 0 aliphatic carbocycles. The van der Waals surface area contributed by atoms with E-state index in [-0.39, 0.29) is 0 Å². The van der Waals surface area contributed by atoms with Crippen LogP contribution in [0.15, 0.2) is 58.5 Å². The quantitative estimate of drug-likeness (QED) is 0.657. The van der Waals surface area contributed by atoms with Gasteiger partial charge >= 0.3 is 0 Å². The molecule has 0 saturated carbocycles. The van der Waals surface area contributed by atoms with Crippen molar-refractivity contribution in [2.24, 2.45) is 9.98 Å². The van der Waals surface area contributed by atoms with Crippen molar-refractivity contribution in [2.45, 2.75) is 13.8 Å². The van der Waals surface area contributed by atoms with Gasteiger partial charge in [-0.25, -0.2) is 4.98 Å². The Kier molecular flexibility index (Phi) is 4.68. The molecule has 0 radical (unpaired) electrons. The van der Waals surface area contributed by atoms with Gasteiger partial charge in [-0.3, -0.25) is 9.98 Å². The highest BCUT2D eigenvalue weighted by Gasteiger charge is 1.99. The minimum atomic E-state index is 0.598. The van der Waals surface area contributed by atoms with Gasteiger partial charge in [-0.2, -0.15) is 4.37 Å². The number of hydrogen-bond donors (Lipinski definition) is 0. The molecule has 0 unspecified atom stereocenters. The molecule has 3 aromatic rings. The molecule has 0 bridgehead atoms. The Labute approximate surface area is 139 Å². The fourth-order valence-electron chi connectivity index (χ4n) is 1.88. The molecule has 1 heterocycles. The van der Waals surface area contributed by atoms with Crippen molar-refractivity contribution in [1.29, 1.82) is 0 Å². The predicted octanol–water partition coefficient (Wildman–Crippen LogP) is 4.66. The van der Waals surface area contributed by atoms with Crippen LogP contribution in [0, 0.1) is 13.8 Å². The largest absolute Gasteiger partial charge is 0.254 e. The van der Waals surface area contributed by atoms with Gasteiger partial charge in [-0.05, 0) is 49.6 Å². The van der Waals surface area contributed by atoms with Crippen molar-refractivity contribution in [3.63, 3.8) is 0 Å². The van der Waals surface area contributed by atoms with Crippen LogP contribution in [0.2, 0.25) is 0 Å². The predicted molar refractivity (Wildman–Crippen MR) is 96.8 cm³/mol. The Bertz CT molecular complexity index is 760. The van der Waals surface area contributed by atoms with Crippen molar-refractivity contribution in [1.82, 2.24) is 9.36 Å². The highest BCUT2D eigenvalue weighted by atomic mass is 32.1. The zero-order chi connectivity index (χ0) is 16.1. The van der Waals surface area contributed by atoms with Crippen molar-refractivity contribution in [2.75, 3.05) is 0 Å². The summed E-state index contributed by atoms with van der Waals surface area (Å²) in [6.45, 7) is 4.10. The van der Waals surface area contributed by atoms with Gasteiger partial charge in [0.1, 0.15) is 0 Å². The Morgan fingerprint density at radius 2 is 1.30 bits per heavy atom. The Hall–Kier alpha value is -2.66. The molecule has 0 fully saturated rings. The van der Waals surface area contributed by atoms with Gasteiger partial charge in [-0.1, -0.05) is 35.4 Å². The number of rotatable bonds is 4. The number of nitrogens with zero attached hydrogens (tertiary/aromatic N) is 4. The summed E-state index contributed by atoms with van der Waals surface area (Å²) in [6.07, 6.45) is 3.40. The number of aliphatic imine (C=N–C) groups is 2. The minimum absolute atomic E-state index is 0.598. The molecule has 2 aromatic carbocycles. The SMILES string of the molecule is Cc1ccc(N=Cc2nsc(C=Nc3ccc(C)cc3)n2)cc1. The third-order valence-corrected chi connectivity index (χ3v) is 3.84. The number of aromatic nitrogens is 2. The van der Waals surface area contributed by atoms with Gasteiger partial charge in [0.15, 0.2) is 10.8 Å². The molecule has 0 N–H and O–H groups in total. The van der Waals surface area contributed by atoms with Crippen molar-refractivity contribution >= 4 is 35.3 Å². The van der Waals surface area contributed by atoms with Crippen molar-refractivity contribution in [3.8, 4) is 0 Å². The Balaban J connectivity index is 1.68. The van der Waals surface area contributed by atoms with Crippen LogP contribution in [-0.2, 0) is 0 Å². The second-order valence-electron chi connectivity index (χ2n) is 5.18. The fourth-order valence-corrected chi connectivity index (χ4v) is 2.39. The molecule has 3 rings (SSSR count). The smallest absolute Gasteiger partial charge is 0.184 e. The second-order valence-corrected chi connectivity index (χ2v) is 5.96. The maximum absolute atomic E-state index is 4.40. The van der Waals surface area contributed by atoms with E-state index in [9.17, 15) is 0 Å². The molecule has 23 heavy (non-hydrogen) atoms. The van der Waals surface area contributed by atoms with Crippen LogP contribution in [0.3, 0.4) is 0 Å². The molecule has 1 aromatic heterocycles. The minimum Gasteiger partial charge on any atom is -0.254 e. The molecule has 0 aliphatic rings. The summed E-state index contributed by atoms with van der Waals surface area (Å²) in [4.78, 5) is 13.2. The van der Waals surface area contributed by atoms with Crippen molar-refractivity contribution in [3.05, 3.63) is 70.5 Å². The molecule has 5 heteroatoms. The summed E-state index contributed by atoms with van der Waals surface area (Å²) in [5.74, 6) is 0.598. The van der Waals surface area contributed by atoms with Crippen LogP contribution >= 0.6 is 11.5 Å². The molecule has 0 spiro atoms. The third kappa shape index (κ3) is 4.40. The fraction of sp³-hybridized carbons (Fsp3) is 0.111. The van der Waals surface area contributed by atoms with Crippen LogP contribution in [0.5, 0.6) is 0 Å². The van der Waals surface area contributed by atoms with E-state index in [4.69, 9.17) is 0 Å². The zero-order valence-corrected chi connectivity index (χ0v) is 13.8. The summed E-state index contributed by atoms with van der Waals surface area (Å²) in [5.41, 5.74) is 4.22. The van der Waals surface area contributed by atoms with Crippen LogP contribution in [0.4, 0.5) is 11.4 Å². The molecule has 0 aliphatic heterocycles. The van der Waals surface area contributed by atoms with Crippen LogP contribution in [0.25, 0.3) is 0 Å². The van der Waals surface area contributed by atoms with Crippen LogP contribution < -0.4 is 0 Å². The van der Waals surface area contributed by atoms with E-state index in [1.54, 1.807) is 12.4 Å². The molecular weight excluding hydrogens is 304 g/mol. The van der Waals surface area contributed by atoms with E-state index in [2.05, 4.69) is 33.2 Å². The average Bonchev–Trinajstić information content (AvgIpc) is 3.02. The van der Waals surface area contributed by atoms with E-state index in [1.807, 2.05) is 48.5 Å². The average molecular weight is 320 g/mol. The summed E-state index contributed by atoms with van der Waals surface area (Å²) in [6, 6.07) is 16.0. The lowest BCUT2D eigenvalue weighted by Crippen LogP contribution is -1.85. The van der Waals surface area contributed by atoms with Gasteiger partial charge in [0.25, 0.3) is 0 Å². The Morgan fingerprint density at radius 1 is 0.783 bits per heavy atom. The zero-order valence-electron chi connectivity index (χ0n) is 13.0. The maximum Gasteiger partial charge on any atom is 0.184 e. The lowest BCUT2D eigenvalue weighted by molar-refractivity contribution is 1.28. The standard InChI is InChI=1S/C18H16N4S/c1-13-3-7-15(8-4-13)19-11-17-21-18(23-22-17)12-20-16-9-5-14(2)6-10-16/h3-12H,1-2H3. The number of benzene rings is 2. The molecule has 0 amide bonds. The summed E-state index contributed by atoms with van der Waals surface area (Å²) in [7, 11) is 0. The van der Waals surface area contributed by atoms with E-state index in [1.165, 1.54) is 22.7 Å².